The average Bonchev–Trinajstić information content (AvgIpc) is 2.83. The molecule has 7 heteroatoms. The van der Waals surface area contributed by atoms with Gasteiger partial charge in [0.15, 0.2) is 6.61 Å². The quantitative estimate of drug-likeness (QED) is 0.360. The Hall–Kier alpha value is -3.06. The van der Waals surface area contributed by atoms with Crippen molar-refractivity contribution in [1.29, 1.82) is 0 Å². The van der Waals surface area contributed by atoms with E-state index in [1.807, 2.05) is 43.3 Å². The maximum absolute atomic E-state index is 11.9. The molecule has 174 valence electrons. The molecular formula is C26H28ClNO5. The average molecular weight is 470 g/mol. The molecule has 3 rings (SSSR count). The van der Waals surface area contributed by atoms with Crippen LogP contribution in [0.5, 0.6) is 11.5 Å². The normalized spacial score (nSPS) is 12.7. The number of aromatic hydroxyl groups is 1. The van der Waals surface area contributed by atoms with Crippen LogP contribution < -0.4 is 10.1 Å². The number of hydrogen-bond acceptors (Lipinski definition) is 6. The fourth-order valence-electron chi connectivity index (χ4n) is 3.25. The summed E-state index contributed by atoms with van der Waals surface area (Å²) in [6.45, 7) is 2.52. The number of ether oxygens (including phenoxy) is 2. The van der Waals surface area contributed by atoms with Gasteiger partial charge >= 0.3 is 5.97 Å². The standard InChI is InChI=1S/C26H28ClNO5/c1-18(26(31)21-7-10-22(29)11-8-21)28-14-13-20-9-12-23(15-24(20)27)32-17-25(30)33-16-19-5-3-2-4-6-19/h2-12,15,18,26,28-29,31H,13-14,16-17H2,1H3/t18-,26+/m0/s1. The first-order chi connectivity index (χ1) is 15.9. The Kier molecular flexibility index (Phi) is 9.13. The lowest BCUT2D eigenvalue weighted by Crippen LogP contribution is -2.33. The molecule has 0 saturated heterocycles. The first kappa shape index (κ1) is 24.6. The molecule has 3 aromatic rings. The number of carbonyl (C=O) groups excluding carboxylic acids is 1. The highest BCUT2D eigenvalue weighted by molar-refractivity contribution is 6.31. The maximum atomic E-state index is 11.9. The van der Waals surface area contributed by atoms with Gasteiger partial charge in [-0.05, 0) is 60.8 Å². The zero-order chi connectivity index (χ0) is 23.6. The summed E-state index contributed by atoms with van der Waals surface area (Å²) in [5.41, 5.74) is 2.57. The first-order valence-corrected chi connectivity index (χ1v) is 11.1. The zero-order valence-electron chi connectivity index (χ0n) is 18.4. The molecule has 0 saturated carbocycles. The number of aliphatic hydroxyl groups is 1. The van der Waals surface area contributed by atoms with Crippen molar-refractivity contribution in [2.75, 3.05) is 13.2 Å². The van der Waals surface area contributed by atoms with E-state index < -0.39 is 12.1 Å². The lowest BCUT2D eigenvalue weighted by atomic mass is 10.0. The number of halogens is 1. The summed E-state index contributed by atoms with van der Waals surface area (Å²) < 4.78 is 10.7. The van der Waals surface area contributed by atoms with Gasteiger partial charge in [0.1, 0.15) is 18.1 Å². The van der Waals surface area contributed by atoms with Gasteiger partial charge in [0.25, 0.3) is 0 Å². The summed E-state index contributed by atoms with van der Waals surface area (Å²) in [4.78, 5) is 11.9. The van der Waals surface area contributed by atoms with E-state index in [9.17, 15) is 15.0 Å². The van der Waals surface area contributed by atoms with Crippen LogP contribution in [0.4, 0.5) is 0 Å². The largest absolute Gasteiger partial charge is 0.508 e. The molecule has 0 aliphatic rings. The number of phenols is 1. The van der Waals surface area contributed by atoms with Crippen molar-refractivity contribution in [3.8, 4) is 11.5 Å². The molecule has 0 aromatic heterocycles. The lowest BCUT2D eigenvalue weighted by molar-refractivity contribution is -0.147. The molecule has 0 bridgehead atoms. The lowest BCUT2D eigenvalue weighted by Gasteiger charge is -2.21. The van der Waals surface area contributed by atoms with E-state index in [1.165, 1.54) is 0 Å². The maximum Gasteiger partial charge on any atom is 0.344 e. The van der Waals surface area contributed by atoms with Crippen molar-refractivity contribution < 1.29 is 24.5 Å². The van der Waals surface area contributed by atoms with Gasteiger partial charge in [0, 0.05) is 11.1 Å². The minimum absolute atomic E-state index is 0.165. The van der Waals surface area contributed by atoms with Crippen LogP contribution in [0.1, 0.15) is 29.7 Å². The minimum atomic E-state index is -0.696. The van der Waals surface area contributed by atoms with Crippen LogP contribution in [-0.2, 0) is 22.6 Å². The van der Waals surface area contributed by atoms with Gasteiger partial charge in [-0.25, -0.2) is 4.79 Å². The molecule has 33 heavy (non-hydrogen) atoms. The van der Waals surface area contributed by atoms with Gasteiger partial charge in [0.2, 0.25) is 0 Å². The molecular weight excluding hydrogens is 442 g/mol. The van der Waals surface area contributed by atoms with E-state index in [0.29, 0.717) is 23.7 Å². The Bertz CT molecular complexity index is 1030. The predicted octanol–water partition coefficient (Wildman–Crippen LogP) is 4.42. The van der Waals surface area contributed by atoms with Crippen molar-refractivity contribution in [2.45, 2.75) is 32.1 Å². The number of aliphatic hydroxyl groups excluding tert-OH is 1. The molecule has 0 aliphatic heterocycles. The molecule has 0 heterocycles. The van der Waals surface area contributed by atoms with E-state index in [4.69, 9.17) is 21.1 Å². The summed E-state index contributed by atoms with van der Waals surface area (Å²) in [6.07, 6.45) is -0.0382. The Morgan fingerprint density at radius 2 is 1.79 bits per heavy atom. The third kappa shape index (κ3) is 7.79. The summed E-state index contributed by atoms with van der Waals surface area (Å²) >= 11 is 6.38. The molecule has 2 atom stereocenters. The number of nitrogens with one attached hydrogen (secondary N) is 1. The van der Waals surface area contributed by atoms with Gasteiger partial charge in [-0.2, -0.15) is 0 Å². The minimum Gasteiger partial charge on any atom is -0.508 e. The van der Waals surface area contributed by atoms with Crippen molar-refractivity contribution in [3.05, 3.63) is 94.5 Å². The van der Waals surface area contributed by atoms with Crippen LogP contribution >= 0.6 is 11.6 Å². The summed E-state index contributed by atoms with van der Waals surface area (Å²) in [5.74, 6) is 0.201. The second-order valence-electron chi connectivity index (χ2n) is 7.72. The van der Waals surface area contributed by atoms with Gasteiger partial charge in [-0.3, -0.25) is 0 Å². The van der Waals surface area contributed by atoms with E-state index in [0.717, 1.165) is 16.7 Å². The van der Waals surface area contributed by atoms with Gasteiger partial charge < -0.3 is 25.0 Å². The highest BCUT2D eigenvalue weighted by Crippen LogP contribution is 2.24. The van der Waals surface area contributed by atoms with E-state index in [1.54, 1.807) is 36.4 Å². The number of esters is 1. The monoisotopic (exact) mass is 469 g/mol. The first-order valence-electron chi connectivity index (χ1n) is 10.7. The van der Waals surface area contributed by atoms with E-state index in [-0.39, 0.29) is 25.0 Å². The van der Waals surface area contributed by atoms with E-state index in [2.05, 4.69) is 5.32 Å². The molecule has 0 amide bonds. The van der Waals surface area contributed by atoms with Crippen molar-refractivity contribution in [3.63, 3.8) is 0 Å². The number of phenolic OH excluding ortho intramolecular Hbond substituents is 1. The fourth-order valence-corrected chi connectivity index (χ4v) is 3.51. The summed E-state index contributed by atoms with van der Waals surface area (Å²) in [6, 6.07) is 21.1. The number of benzene rings is 3. The second kappa shape index (κ2) is 12.3. The van der Waals surface area contributed by atoms with Gasteiger partial charge in [-0.15, -0.1) is 0 Å². The molecule has 6 nitrogen and oxygen atoms in total. The van der Waals surface area contributed by atoms with Crippen LogP contribution in [0, 0.1) is 0 Å². The van der Waals surface area contributed by atoms with E-state index >= 15 is 0 Å². The highest BCUT2D eigenvalue weighted by Gasteiger charge is 2.16. The molecule has 0 spiro atoms. The third-order valence-electron chi connectivity index (χ3n) is 5.19. The molecule has 0 radical (unpaired) electrons. The van der Waals surface area contributed by atoms with Crippen molar-refractivity contribution in [2.24, 2.45) is 0 Å². The topological polar surface area (TPSA) is 88.0 Å². The van der Waals surface area contributed by atoms with Crippen molar-refractivity contribution >= 4 is 17.6 Å². The van der Waals surface area contributed by atoms with Crippen LogP contribution in [0.3, 0.4) is 0 Å². The van der Waals surface area contributed by atoms with Gasteiger partial charge in [-0.1, -0.05) is 60.1 Å². The zero-order valence-corrected chi connectivity index (χ0v) is 19.2. The number of rotatable bonds is 11. The van der Waals surface area contributed by atoms with Crippen LogP contribution in [0.2, 0.25) is 5.02 Å². The Morgan fingerprint density at radius 3 is 2.48 bits per heavy atom. The Morgan fingerprint density at radius 1 is 1.06 bits per heavy atom. The summed E-state index contributed by atoms with van der Waals surface area (Å²) in [5, 5.41) is 23.7. The molecule has 3 N–H and O–H groups in total. The molecule has 0 aliphatic carbocycles. The Balaban J connectivity index is 1.41. The highest BCUT2D eigenvalue weighted by atomic mass is 35.5. The molecule has 0 fully saturated rings. The smallest absolute Gasteiger partial charge is 0.344 e. The molecule has 0 unspecified atom stereocenters. The van der Waals surface area contributed by atoms with Crippen LogP contribution in [0.25, 0.3) is 0 Å². The molecule has 3 aromatic carbocycles. The second-order valence-corrected chi connectivity index (χ2v) is 8.12. The van der Waals surface area contributed by atoms with Crippen LogP contribution in [0.15, 0.2) is 72.8 Å². The Labute approximate surface area is 198 Å². The fraction of sp³-hybridized carbons (Fsp3) is 0.269. The number of carbonyl (C=O) groups is 1. The summed E-state index contributed by atoms with van der Waals surface area (Å²) in [7, 11) is 0. The number of hydrogen-bond donors (Lipinski definition) is 3. The predicted molar refractivity (Wildman–Crippen MR) is 127 cm³/mol. The van der Waals surface area contributed by atoms with Crippen molar-refractivity contribution in [1.82, 2.24) is 5.32 Å². The SMILES string of the molecule is C[C@H](NCCc1ccc(OCC(=O)OCc2ccccc2)cc1Cl)[C@@H](O)c1ccc(O)cc1. The third-order valence-corrected chi connectivity index (χ3v) is 5.54. The van der Waals surface area contributed by atoms with Crippen LogP contribution in [-0.4, -0.2) is 35.4 Å². The van der Waals surface area contributed by atoms with Gasteiger partial charge in [0.05, 0.1) is 6.10 Å².